The molecule has 0 saturated carbocycles. The van der Waals surface area contributed by atoms with Gasteiger partial charge in [-0.25, -0.2) is 19.7 Å². The van der Waals surface area contributed by atoms with Crippen molar-refractivity contribution in [2.75, 3.05) is 16.0 Å². The van der Waals surface area contributed by atoms with Gasteiger partial charge in [-0.3, -0.25) is 4.57 Å². The van der Waals surface area contributed by atoms with E-state index in [1.54, 1.807) is 17.1 Å². The van der Waals surface area contributed by atoms with E-state index in [-0.39, 0.29) is 6.03 Å². The molecule has 0 bridgehead atoms. The van der Waals surface area contributed by atoms with E-state index >= 15 is 0 Å². The van der Waals surface area contributed by atoms with Crippen LogP contribution in [0.15, 0.2) is 79.6 Å². The molecule has 0 unspecified atom stereocenters. The van der Waals surface area contributed by atoms with Crippen LogP contribution in [0.5, 0.6) is 0 Å². The van der Waals surface area contributed by atoms with Gasteiger partial charge in [-0.05, 0) is 43.3 Å². The first kappa shape index (κ1) is 18.2. The van der Waals surface area contributed by atoms with Crippen LogP contribution >= 0.6 is 0 Å². The molecule has 8 nitrogen and oxygen atoms in total. The zero-order valence-corrected chi connectivity index (χ0v) is 15.7. The van der Waals surface area contributed by atoms with Crippen molar-refractivity contribution in [3.8, 4) is 5.82 Å². The fraction of sp³-hybridized carbons (Fsp3) is 0.0476. The maximum absolute atomic E-state index is 12.1. The summed E-state index contributed by atoms with van der Waals surface area (Å²) in [6.45, 7) is 2.00. The molecule has 29 heavy (non-hydrogen) atoms. The second-order valence-electron chi connectivity index (χ2n) is 6.38. The average molecular weight is 385 g/mol. The monoisotopic (exact) mass is 385 g/mol. The number of nitrogens with one attached hydrogen (secondary N) is 3. The number of benzene rings is 2. The largest absolute Gasteiger partial charge is 0.340 e. The minimum Gasteiger partial charge on any atom is -0.340 e. The molecule has 8 heteroatoms. The van der Waals surface area contributed by atoms with Crippen molar-refractivity contribution >= 4 is 28.9 Å². The van der Waals surface area contributed by atoms with Crippen molar-refractivity contribution < 1.29 is 4.79 Å². The molecule has 2 amide bonds. The molecular weight excluding hydrogens is 366 g/mol. The lowest BCUT2D eigenvalue weighted by molar-refractivity contribution is 0.262. The van der Waals surface area contributed by atoms with Crippen LogP contribution in [0, 0.1) is 6.92 Å². The van der Waals surface area contributed by atoms with E-state index in [1.165, 1.54) is 6.33 Å². The molecule has 0 spiro atoms. The van der Waals surface area contributed by atoms with Crippen molar-refractivity contribution in [2.24, 2.45) is 0 Å². The number of hydrogen-bond acceptors (Lipinski definition) is 5. The zero-order chi connectivity index (χ0) is 20.1. The number of rotatable bonds is 5. The Balaban J connectivity index is 1.37. The molecule has 2 aromatic carbocycles. The molecule has 0 atom stereocenters. The summed E-state index contributed by atoms with van der Waals surface area (Å²) in [5, 5.41) is 8.83. The fourth-order valence-electron chi connectivity index (χ4n) is 2.67. The molecule has 0 aliphatic heterocycles. The molecule has 2 aromatic heterocycles. The fourth-order valence-corrected chi connectivity index (χ4v) is 2.67. The Hall–Kier alpha value is -4.20. The highest BCUT2D eigenvalue weighted by Crippen LogP contribution is 2.19. The van der Waals surface area contributed by atoms with Gasteiger partial charge in [0.05, 0.1) is 0 Å². The van der Waals surface area contributed by atoms with E-state index in [0.29, 0.717) is 17.3 Å². The number of nitrogens with zero attached hydrogens (tertiary/aromatic N) is 4. The van der Waals surface area contributed by atoms with Crippen molar-refractivity contribution in [1.29, 1.82) is 0 Å². The number of anilines is 4. The summed E-state index contributed by atoms with van der Waals surface area (Å²) in [6, 6.07) is 16.5. The van der Waals surface area contributed by atoms with Crippen LogP contribution in [0.3, 0.4) is 0 Å². The van der Waals surface area contributed by atoms with Crippen LogP contribution < -0.4 is 16.0 Å². The Labute approximate surface area is 167 Å². The molecule has 2 heterocycles. The first-order valence-electron chi connectivity index (χ1n) is 8.98. The topological polar surface area (TPSA) is 96.8 Å². The number of imidazole rings is 1. The number of amides is 2. The minimum absolute atomic E-state index is 0.296. The number of carbonyl (C=O) groups excluding carboxylic acids is 1. The van der Waals surface area contributed by atoms with E-state index in [0.717, 1.165) is 16.9 Å². The molecule has 144 valence electrons. The van der Waals surface area contributed by atoms with Crippen molar-refractivity contribution in [3.05, 3.63) is 85.2 Å². The molecule has 0 radical (unpaired) electrons. The van der Waals surface area contributed by atoms with Gasteiger partial charge in [0.1, 0.15) is 24.3 Å². The highest BCUT2D eigenvalue weighted by atomic mass is 16.2. The first-order chi connectivity index (χ1) is 14.2. The van der Waals surface area contributed by atoms with Crippen LogP contribution in [0.4, 0.5) is 27.7 Å². The quantitative estimate of drug-likeness (QED) is 0.474. The molecule has 0 saturated heterocycles. The van der Waals surface area contributed by atoms with E-state index in [2.05, 4.69) is 30.9 Å². The Morgan fingerprint density at radius 2 is 1.55 bits per heavy atom. The van der Waals surface area contributed by atoms with E-state index in [4.69, 9.17) is 0 Å². The lowest BCUT2D eigenvalue weighted by atomic mass is 10.2. The van der Waals surface area contributed by atoms with Gasteiger partial charge in [-0.15, -0.1) is 0 Å². The normalized spacial score (nSPS) is 10.4. The number of aromatic nitrogens is 4. The van der Waals surface area contributed by atoms with Crippen molar-refractivity contribution in [1.82, 2.24) is 19.5 Å². The standard InChI is InChI=1S/C21H19N7O/c1-15-2-4-17(5-3-15)26-21(29)27-18-8-6-16(7-9-18)25-19-12-20(24-13-23-19)28-11-10-22-14-28/h2-14H,1H3,(H,23,24,25)(H2,26,27,29). The zero-order valence-electron chi connectivity index (χ0n) is 15.7. The van der Waals surface area contributed by atoms with Crippen LogP contribution in [-0.2, 0) is 0 Å². The number of aryl methyl sites for hydroxylation is 1. The van der Waals surface area contributed by atoms with Gasteiger partial charge in [0.15, 0.2) is 0 Å². The van der Waals surface area contributed by atoms with Gasteiger partial charge in [-0.2, -0.15) is 0 Å². The summed E-state index contributed by atoms with van der Waals surface area (Å²) < 4.78 is 1.80. The molecule has 0 aliphatic carbocycles. The minimum atomic E-state index is -0.296. The SMILES string of the molecule is Cc1ccc(NC(=O)Nc2ccc(Nc3cc(-n4ccnc4)ncn3)cc2)cc1. The Bertz CT molecular complexity index is 1090. The number of hydrogen-bond donors (Lipinski definition) is 3. The summed E-state index contributed by atoms with van der Waals surface area (Å²) in [4.78, 5) is 24.6. The van der Waals surface area contributed by atoms with Crippen molar-refractivity contribution in [2.45, 2.75) is 6.92 Å². The predicted octanol–water partition coefficient (Wildman–Crippen LogP) is 4.36. The highest BCUT2D eigenvalue weighted by molar-refractivity contribution is 5.99. The van der Waals surface area contributed by atoms with Gasteiger partial charge >= 0.3 is 6.03 Å². The molecular formula is C21H19N7O. The summed E-state index contributed by atoms with van der Waals surface area (Å²) in [5.41, 5.74) is 3.40. The first-order valence-corrected chi connectivity index (χ1v) is 8.98. The second-order valence-corrected chi connectivity index (χ2v) is 6.38. The summed E-state index contributed by atoms with van der Waals surface area (Å²) in [6.07, 6.45) is 6.67. The summed E-state index contributed by atoms with van der Waals surface area (Å²) in [5.74, 6) is 1.37. The van der Waals surface area contributed by atoms with Gasteiger partial charge in [0.25, 0.3) is 0 Å². The Morgan fingerprint density at radius 3 is 2.21 bits per heavy atom. The van der Waals surface area contributed by atoms with Crippen molar-refractivity contribution in [3.63, 3.8) is 0 Å². The third kappa shape index (κ3) is 4.75. The molecule has 0 fully saturated rings. The maximum Gasteiger partial charge on any atom is 0.323 e. The molecule has 4 aromatic rings. The van der Waals surface area contributed by atoms with Crippen LogP contribution in [-0.4, -0.2) is 25.6 Å². The third-order valence-electron chi connectivity index (χ3n) is 4.15. The average Bonchev–Trinajstić information content (AvgIpc) is 3.26. The maximum atomic E-state index is 12.1. The summed E-state index contributed by atoms with van der Waals surface area (Å²) in [7, 11) is 0. The van der Waals surface area contributed by atoms with Gasteiger partial charge in [-0.1, -0.05) is 17.7 Å². The molecule has 0 aliphatic rings. The predicted molar refractivity (Wildman–Crippen MR) is 113 cm³/mol. The van der Waals surface area contributed by atoms with Crippen LogP contribution in [0.1, 0.15) is 5.56 Å². The van der Waals surface area contributed by atoms with E-state index in [1.807, 2.05) is 67.7 Å². The highest BCUT2D eigenvalue weighted by Gasteiger charge is 2.04. The Kier molecular flexibility index (Phi) is 5.15. The lowest BCUT2D eigenvalue weighted by Gasteiger charge is -2.10. The third-order valence-corrected chi connectivity index (χ3v) is 4.15. The number of carbonyl (C=O) groups is 1. The smallest absolute Gasteiger partial charge is 0.323 e. The number of urea groups is 1. The van der Waals surface area contributed by atoms with E-state index in [9.17, 15) is 4.79 Å². The van der Waals surface area contributed by atoms with Gasteiger partial charge in [0.2, 0.25) is 0 Å². The molecule has 3 N–H and O–H groups in total. The lowest BCUT2D eigenvalue weighted by Crippen LogP contribution is -2.19. The Morgan fingerprint density at radius 1 is 0.897 bits per heavy atom. The van der Waals surface area contributed by atoms with Crippen LogP contribution in [0.2, 0.25) is 0 Å². The molecule has 4 rings (SSSR count). The summed E-state index contributed by atoms with van der Waals surface area (Å²) >= 11 is 0. The van der Waals surface area contributed by atoms with E-state index < -0.39 is 0 Å². The van der Waals surface area contributed by atoms with Gasteiger partial charge in [0, 0.05) is 35.5 Å². The second kappa shape index (κ2) is 8.22. The van der Waals surface area contributed by atoms with Crippen LogP contribution in [0.25, 0.3) is 5.82 Å². The van der Waals surface area contributed by atoms with Gasteiger partial charge < -0.3 is 16.0 Å².